The van der Waals surface area contributed by atoms with Gasteiger partial charge in [0.15, 0.2) is 0 Å². The van der Waals surface area contributed by atoms with Gasteiger partial charge in [0.25, 0.3) is 0 Å². The average Bonchev–Trinajstić information content (AvgIpc) is 3.21. The standard InChI is InChI=1S/C21H20N2O3S2/c1-27-17-10-6-5-9-16(17)23-21(26)20(25)22-13-15-11-12-18(28-15)19(24)14-7-3-2-4-8-14/h2-12,19,24H,13H2,1H3,(H,22,25)(H,23,26). The van der Waals surface area contributed by atoms with E-state index in [0.29, 0.717) is 5.69 Å². The van der Waals surface area contributed by atoms with E-state index >= 15 is 0 Å². The Kier molecular flexibility index (Phi) is 6.86. The molecule has 0 aliphatic carbocycles. The first kappa shape index (κ1) is 20.1. The van der Waals surface area contributed by atoms with Crippen LogP contribution in [0.1, 0.15) is 21.4 Å². The van der Waals surface area contributed by atoms with E-state index < -0.39 is 17.9 Å². The summed E-state index contributed by atoms with van der Waals surface area (Å²) >= 11 is 2.89. The van der Waals surface area contributed by atoms with Crippen LogP contribution in [0, 0.1) is 0 Å². The third-order valence-corrected chi connectivity index (χ3v) is 5.99. The summed E-state index contributed by atoms with van der Waals surface area (Å²) in [6.45, 7) is 0.225. The molecule has 1 aromatic heterocycles. The summed E-state index contributed by atoms with van der Waals surface area (Å²) in [5, 5.41) is 15.7. The molecule has 0 aliphatic rings. The van der Waals surface area contributed by atoms with Crippen molar-refractivity contribution >= 4 is 40.6 Å². The summed E-state index contributed by atoms with van der Waals surface area (Å²) in [7, 11) is 0. The molecule has 5 nitrogen and oxygen atoms in total. The normalized spacial score (nSPS) is 11.6. The molecule has 2 amide bonds. The Balaban J connectivity index is 1.56. The monoisotopic (exact) mass is 412 g/mol. The number of aliphatic hydroxyl groups excluding tert-OH is 1. The summed E-state index contributed by atoms with van der Waals surface area (Å²) < 4.78 is 0. The van der Waals surface area contributed by atoms with Gasteiger partial charge in [-0.2, -0.15) is 0 Å². The summed E-state index contributed by atoms with van der Waals surface area (Å²) in [6.07, 6.45) is 1.20. The molecule has 0 aliphatic heterocycles. The Morgan fingerprint density at radius 1 is 1.00 bits per heavy atom. The Morgan fingerprint density at radius 2 is 1.71 bits per heavy atom. The van der Waals surface area contributed by atoms with Gasteiger partial charge in [-0.15, -0.1) is 23.1 Å². The molecular weight excluding hydrogens is 392 g/mol. The first-order valence-electron chi connectivity index (χ1n) is 8.62. The predicted octanol–water partition coefficient (Wildman–Crippen LogP) is 3.81. The minimum Gasteiger partial charge on any atom is -0.383 e. The molecule has 1 heterocycles. The summed E-state index contributed by atoms with van der Waals surface area (Å²) in [5.41, 5.74) is 1.42. The number of carbonyl (C=O) groups is 2. The fourth-order valence-electron chi connectivity index (χ4n) is 2.61. The highest BCUT2D eigenvalue weighted by molar-refractivity contribution is 7.98. The topological polar surface area (TPSA) is 78.4 Å². The van der Waals surface area contributed by atoms with E-state index in [0.717, 1.165) is 20.2 Å². The molecule has 144 valence electrons. The van der Waals surface area contributed by atoms with Crippen LogP contribution in [-0.4, -0.2) is 23.2 Å². The van der Waals surface area contributed by atoms with E-state index in [2.05, 4.69) is 10.6 Å². The van der Waals surface area contributed by atoms with Crippen LogP contribution in [0.4, 0.5) is 5.69 Å². The Morgan fingerprint density at radius 3 is 2.46 bits per heavy atom. The van der Waals surface area contributed by atoms with E-state index in [9.17, 15) is 14.7 Å². The van der Waals surface area contributed by atoms with Crippen molar-refractivity contribution in [1.82, 2.24) is 5.32 Å². The molecule has 7 heteroatoms. The number of rotatable bonds is 6. The summed E-state index contributed by atoms with van der Waals surface area (Å²) in [6, 6.07) is 20.4. The molecule has 3 aromatic rings. The molecule has 0 spiro atoms. The number of anilines is 1. The molecule has 1 unspecified atom stereocenters. The summed E-state index contributed by atoms with van der Waals surface area (Å²) in [4.78, 5) is 26.8. The van der Waals surface area contributed by atoms with Gasteiger partial charge in [0, 0.05) is 14.6 Å². The maximum absolute atomic E-state index is 12.1. The number of para-hydroxylation sites is 1. The maximum atomic E-state index is 12.1. The minimum atomic E-state index is -0.706. The minimum absolute atomic E-state index is 0.225. The van der Waals surface area contributed by atoms with Crippen molar-refractivity contribution < 1.29 is 14.7 Å². The number of amides is 2. The number of hydrogen-bond acceptors (Lipinski definition) is 5. The lowest BCUT2D eigenvalue weighted by Crippen LogP contribution is -2.34. The van der Waals surface area contributed by atoms with Crippen molar-refractivity contribution in [2.75, 3.05) is 11.6 Å². The molecular formula is C21H20N2O3S2. The second kappa shape index (κ2) is 9.54. The molecule has 3 N–H and O–H groups in total. The van der Waals surface area contributed by atoms with Crippen LogP contribution < -0.4 is 10.6 Å². The highest BCUT2D eigenvalue weighted by Crippen LogP contribution is 2.28. The first-order chi connectivity index (χ1) is 13.6. The fraction of sp³-hybridized carbons (Fsp3) is 0.143. The van der Waals surface area contributed by atoms with Gasteiger partial charge in [-0.3, -0.25) is 9.59 Å². The van der Waals surface area contributed by atoms with E-state index in [4.69, 9.17) is 0 Å². The van der Waals surface area contributed by atoms with Crippen LogP contribution >= 0.6 is 23.1 Å². The first-order valence-corrected chi connectivity index (χ1v) is 10.7. The third kappa shape index (κ3) is 5.01. The van der Waals surface area contributed by atoms with Gasteiger partial charge in [-0.05, 0) is 36.1 Å². The number of thioether (sulfide) groups is 1. The third-order valence-electron chi connectivity index (χ3n) is 4.05. The number of benzene rings is 2. The zero-order valence-electron chi connectivity index (χ0n) is 15.2. The van der Waals surface area contributed by atoms with Crippen molar-refractivity contribution in [3.8, 4) is 0 Å². The Bertz CT molecular complexity index is 957. The number of thiophene rings is 1. The zero-order chi connectivity index (χ0) is 19.9. The van der Waals surface area contributed by atoms with Gasteiger partial charge < -0.3 is 15.7 Å². The van der Waals surface area contributed by atoms with E-state index in [1.165, 1.54) is 23.1 Å². The highest BCUT2D eigenvalue weighted by Gasteiger charge is 2.16. The van der Waals surface area contributed by atoms with Crippen molar-refractivity contribution in [3.63, 3.8) is 0 Å². The van der Waals surface area contributed by atoms with E-state index in [-0.39, 0.29) is 6.54 Å². The zero-order valence-corrected chi connectivity index (χ0v) is 16.8. The van der Waals surface area contributed by atoms with Gasteiger partial charge >= 0.3 is 11.8 Å². The van der Waals surface area contributed by atoms with Gasteiger partial charge in [0.05, 0.1) is 12.2 Å². The smallest absolute Gasteiger partial charge is 0.313 e. The Labute approximate surface area is 171 Å². The molecule has 28 heavy (non-hydrogen) atoms. The van der Waals surface area contributed by atoms with Crippen LogP contribution in [0.25, 0.3) is 0 Å². The second-order valence-electron chi connectivity index (χ2n) is 5.95. The average molecular weight is 413 g/mol. The van der Waals surface area contributed by atoms with Crippen molar-refractivity contribution in [1.29, 1.82) is 0 Å². The van der Waals surface area contributed by atoms with Gasteiger partial charge in [0.1, 0.15) is 6.10 Å². The van der Waals surface area contributed by atoms with Crippen LogP contribution in [-0.2, 0) is 16.1 Å². The highest BCUT2D eigenvalue weighted by atomic mass is 32.2. The van der Waals surface area contributed by atoms with Crippen molar-refractivity contribution in [2.24, 2.45) is 0 Å². The number of hydrogen-bond donors (Lipinski definition) is 3. The largest absolute Gasteiger partial charge is 0.383 e. The van der Waals surface area contributed by atoms with Crippen molar-refractivity contribution in [2.45, 2.75) is 17.5 Å². The molecule has 0 bridgehead atoms. The molecule has 0 saturated carbocycles. The SMILES string of the molecule is CSc1ccccc1NC(=O)C(=O)NCc1ccc(C(O)c2ccccc2)s1. The molecule has 0 saturated heterocycles. The van der Waals surface area contributed by atoms with E-state index in [1.54, 1.807) is 12.1 Å². The molecule has 0 fully saturated rings. The van der Waals surface area contributed by atoms with Crippen LogP contribution in [0.3, 0.4) is 0 Å². The van der Waals surface area contributed by atoms with Crippen LogP contribution in [0.5, 0.6) is 0 Å². The predicted molar refractivity (Wildman–Crippen MR) is 114 cm³/mol. The number of carbonyl (C=O) groups excluding carboxylic acids is 2. The molecule has 3 rings (SSSR count). The lowest BCUT2D eigenvalue weighted by molar-refractivity contribution is -0.136. The number of aliphatic hydroxyl groups is 1. The van der Waals surface area contributed by atoms with Gasteiger partial charge in [-0.1, -0.05) is 42.5 Å². The fourth-order valence-corrected chi connectivity index (χ4v) is 4.13. The lowest BCUT2D eigenvalue weighted by Gasteiger charge is -2.09. The van der Waals surface area contributed by atoms with Crippen LogP contribution in [0.2, 0.25) is 0 Å². The van der Waals surface area contributed by atoms with Gasteiger partial charge in [0.2, 0.25) is 0 Å². The molecule has 1 atom stereocenters. The van der Waals surface area contributed by atoms with Crippen molar-refractivity contribution in [3.05, 3.63) is 82.0 Å². The quantitative estimate of drug-likeness (QED) is 0.425. The number of nitrogens with one attached hydrogen (secondary N) is 2. The molecule has 2 aromatic carbocycles. The second-order valence-corrected chi connectivity index (χ2v) is 8.00. The van der Waals surface area contributed by atoms with Crippen LogP contribution in [0.15, 0.2) is 71.6 Å². The Hall–Kier alpha value is -2.61. The van der Waals surface area contributed by atoms with Gasteiger partial charge in [-0.25, -0.2) is 0 Å². The van der Waals surface area contributed by atoms with E-state index in [1.807, 2.05) is 60.9 Å². The lowest BCUT2D eigenvalue weighted by atomic mass is 10.1. The molecule has 0 radical (unpaired) electrons. The maximum Gasteiger partial charge on any atom is 0.313 e. The summed E-state index contributed by atoms with van der Waals surface area (Å²) in [5.74, 6) is -1.41.